The Morgan fingerprint density at radius 3 is 2.58 bits per heavy atom. The molecule has 0 aliphatic carbocycles. The minimum atomic E-state index is 0.0747. The lowest BCUT2D eigenvalue weighted by Gasteiger charge is -2.32. The fourth-order valence-electron chi connectivity index (χ4n) is 3.31. The number of piperidine rings is 1. The van der Waals surface area contributed by atoms with Crippen LogP contribution in [0.15, 0.2) is 42.5 Å². The van der Waals surface area contributed by atoms with Crippen LogP contribution >= 0.6 is 11.6 Å². The van der Waals surface area contributed by atoms with Gasteiger partial charge in [-0.2, -0.15) is 0 Å². The Morgan fingerprint density at radius 1 is 1.19 bits per heavy atom. The molecular weight excluding hydrogens is 348 g/mol. The monoisotopic (exact) mass is 372 g/mol. The van der Waals surface area contributed by atoms with Crippen LogP contribution in [-0.4, -0.2) is 35.2 Å². The standard InChI is InChI=1S/C20H25ClN4O/c1-15(7-8-16-5-3-2-4-6-16)22-20(26)17-11-13-25(14-12-17)19-10-9-18(21)23-24-19/h2-6,9-10,15,17H,7-8,11-14H2,1H3,(H,22,26)/t15-/m0/s1. The zero-order valence-corrected chi connectivity index (χ0v) is 15.8. The lowest BCUT2D eigenvalue weighted by atomic mass is 9.95. The van der Waals surface area contributed by atoms with Crippen LogP contribution < -0.4 is 10.2 Å². The number of rotatable bonds is 6. The number of hydrogen-bond donors (Lipinski definition) is 1. The third kappa shape index (κ3) is 5.18. The largest absolute Gasteiger partial charge is 0.355 e. The Bertz CT molecular complexity index is 700. The molecule has 1 amide bonds. The summed E-state index contributed by atoms with van der Waals surface area (Å²) in [6, 6.07) is 14.2. The van der Waals surface area contributed by atoms with Crippen molar-refractivity contribution in [1.29, 1.82) is 0 Å². The number of hydrogen-bond acceptors (Lipinski definition) is 4. The Kier molecular flexibility index (Phi) is 6.45. The van der Waals surface area contributed by atoms with Crippen molar-refractivity contribution in [3.8, 4) is 0 Å². The summed E-state index contributed by atoms with van der Waals surface area (Å²) in [4.78, 5) is 14.7. The molecule has 0 saturated carbocycles. The summed E-state index contributed by atoms with van der Waals surface area (Å²) in [6.45, 7) is 3.71. The van der Waals surface area contributed by atoms with Crippen molar-refractivity contribution in [2.75, 3.05) is 18.0 Å². The Morgan fingerprint density at radius 2 is 1.92 bits per heavy atom. The van der Waals surface area contributed by atoms with Crippen LogP contribution in [0.3, 0.4) is 0 Å². The minimum absolute atomic E-state index is 0.0747. The van der Waals surface area contributed by atoms with E-state index in [0.717, 1.165) is 44.6 Å². The molecule has 1 saturated heterocycles. The SMILES string of the molecule is C[C@@H](CCc1ccccc1)NC(=O)C1CCN(c2ccc(Cl)nn2)CC1. The lowest BCUT2D eigenvalue weighted by Crippen LogP contribution is -2.43. The second-order valence-electron chi connectivity index (χ2n) is 6.91. The maximum atomic E-state index is 12.5. The van der Waals surface area contributed by atoms with E-state index in [-0.39, 0.29) is 17.9 Å². The number of amides is 1. The molecule has 1 aromatic carbocycles. The van der Waals surface area contributed by atoms with E-state index in [1.54, 1.807) is 6.07 Å². The number of anilines is 1. The molecule has 2 heterocycles. The van der Waals surface area contributed by atoms with Crippen LogP contribution in [0.5, 0.6) is 0 Å². The van der Waals surface area contributed by atoms with Crippen LogP contribution in [0.2, 0.25) is 5.15 Å². The summed E-state index contributed by atoms with van der Waals surface area (Å²) < 4.78 is 0. The molecule has 1 N–H and O–H groups in total. The van der Waals surface area contributed by atoms with Crippen molar-refractivity contribution in [2.45, 2.75) is 38.6 Å². The van der Waals surface area contributed by atoms with Gasteiger partial charge >= 0.3 is 0 Å². The number of aryl methyl sites for hydroxylation is 1. The van der Waals surface area contributed by atoms with Crippen LogP contribution in [0.25, 0.3) is 0 Å². The number of nitrogens with zero attached hydrogens (tertiary/aromatic N) is 3. The Labute approximate surface area is 159 Å². The third-order valence-corrected chi connectivity index (χ3v) is 5.11. The zero-order chi connectivity index (χ0) is 18.4. The van der Waals surface area contributed by atoms with Gasteiger partial charge in [0.25, 0.3) is 0 Å². The average molecular weight is 373 g/mol. The van der Waals surface area contributed by atoms with Gasteiger partial charge in [-0.15, -0.1) is 10.2 Å². The van der Waals surface area contributed by atoms with Crippen molar-refractivity contribution in [1.82, 2.24) is 15.5 Å². The van der Waals surface area contributed by atoms with E-state index >= 15 is 0 Å². The average Bonchev–Trinajstić information content (AvgIpc) is 2.68. The molecule has 3 rings (SSSR count). The first-order valence-electron chi connectivity index (χ1n) is 9.20. The van der Waals surface area contributed by atoms with Crippen molar-refractivity contribution < 1.29 is 4.79 Å². The van der Waals surface area contributed by atoms with E-state index in [4.69, 9.17) is 11.6 Å². The van der Waals surface area contributed by atoms with E-state index in [0.29, 0.717) is 5.15 Å². The maximum absolute atomic E-state index is 12.5. The first-order chi connectivity index (χ1) is 12.6. The van der Waals surface area contributed by atoms with Gasteiger partial charge in [-0.05, 0) is 50.3 Å². The highest BCUT2D eigenvalue weighted by Gasteiger charge is 2.26. The molecule has 5 nitrogen and oxygen atoms in total. The molecule has 1 aliphatic heterocycles. The number of aromatic nitrogens is 2. The molecule has 6 heteroatoms. The van der Waals surface area contributed by atoms with Gasteiger partial charge in [0.2, 0.25) is 5.91 Å². The normalized spacial score (nSPS) is 16.3. The van der Waals surface area contributed by atoms with Gasteiger partial charge in [-0.3, -0.25) is 4.79 Å². The fraction of sp³-hybridized carbons (Fsp3) is 0.450. The molecule has 138 valence electrons. The highest BCUT2D eigenvalue weighted by Crippen LogP contribution is 2.22. The second-order valence-corrected chi connectivity index (χ2v) is 7.30. The predicted octanol–water partition coefficient (Wildman–Crippen LogP) is 3.48. The number of benzene rings is 1. The summed E-state index contributed by atoms with van der Waals surface area (Å²) in [6.07, 6.45) is 3.61. The van der Waals surface area contributed by atoms with Gasteiger partial charge in [-0.1, -0.05) is 41.9 Å². The fourth-order valence-corrected chi connectivity index (χ4v) is 3.41. The molecule has 1 aliphatic rings. The van der Waals surface area contributed by atoms with Gasteiger partial charge in [-0.25, -0.2) is 0 Å². The van der Waals surface area contributed by atoms with Gasteiger partial charge in [0.05, 0.1) is 0 Å². The van der Waals surface area contributed by atoms with Crippen LogP contribution in [0, 0.1) is 5.92 Å². The summed E-state index contributed by atoms with van der Waals surface area (Å²) in [5, 5.41) is 11.6. The van der Waals surface area contributed by atoms with Crippen LogP contribution in [-0.2, 0) is 11.2 Å². The Balaban J connectivity index is 1.42. The topological polar surface area (TPSA) is 58.1 Å². The third-order valence-electron chi connectivity index (χ3n) is 4.91. The molecule has 1 fully saturated rings. The van der Waals surface area contributed by atoms with Gasteiger partial charge in [0.1, 0.15) is 0 Å². The van der Waals surface area contributed by atoms with E-state index in [1.807, 2.05) is 12.1 Å². The molecule has 1 atom stereocenters. The van der Waals surface area contributed by atoms with E-state index in [1.165, 1.54) is 5.56 Å². The zero-order valence-electron chi connectivity index (χ0n) is 15.1. The van der Waals surface area contributed by atoms with E-state index in [9.17, 15) is 4.79 Å². The Hall–Kier alpha value is -2.14. The quantitative estimate of drug-likeness (QED) is 0.843. The highest BCUT2D eigenvalue weighted by atomic mass is 35.5. The molecule has 0 unspecified atom stereocenters. The molecule has 0 bridgehead atoms. The number of halogens is 1. The summed E-state index contributed by atoms with van der Waals surface area (Å²) >= 11 is 5.78. The number of nitrogens with one attached hydrogen (secondary N) is 1. The highest BCUT2D eigenvalue weighted by molar-refractivity contribution is 6.29. The van der Waals surface area contributed by atoms with Gasteiger partial charge in [0, 0.05) is 25.0 Å². The first kappa shape index (κ1) is 18.6. The second kappa shape index (κ2) is 8.99. The van der Waals surface area contributed by atoms with Crippen molar-refractivity contribution in [2.24, 2.45) is 5.92 Å². The summed E-state index contributed by atoms with van der Waals surface area (Å²) in [5.41, 5.74) is 1.31. The molecule has 26 heavy (non-hydrogen) atoms. The van der Waals surface area contributed by atoms with E-state index < -0.39 is 0 Å². The van der Waals surface area contributed by atoms with Crippen molar-refractivity contribution >= 4 is 23.3 Å². The molecule has 0 radical (unpaired) electrons. The van der Waals surface area contributed by atoms with Crippen molar-refractivity contribution in [3.63, 3.8) is 0 Å². The molecule has 1 aromatic heterocycles. The number of carbonyl (C=O) groups excluding carboxylic acids is 1. The first-order valence-corrected chi connectivity index (χ1v) is 9.58. The molecular formula is C20H25ClN4O. The maximum Gasteiger partial charge on any atom is 0.223 e. The summed E-state index contributed by atoms with van der Waals surface area (Å²) in [5.74, 6) is 1.07. The van der Waals surface area contributed by atoms with Gasteiger partial charge in [0.15, 0.2) is 11.0 Å². The van der Waals surface area contributed by atoms with E-state index in [2.05, 4.69) is 51.6 Å². The lowest BCUT2D eigenvalue weighted by molar-refractivity contribution is -0.126. The number of carbonyl (C=O) groups is 1. The van der Waals surface area contributed by atoms with Gasteiger partial charge < -0.3 is 10.2 Å². The summed E-state index contributed by atoms with van der Waals surface area (Å²) in [7, 11) is 0. The minimum Gasteiger partial charge on any atom is -0.355 e. The van der Waals surface area contributed by atoms with Crippen molar-refractivity contribution in [3.05, 3.63) is 53.2 Å². The smallest absolute Gasteiger partial charge is 0.223 e. The molecule has 2 aromatic rings. The van der Waals surface area contributed by atoms with Crippen LogP contribution in [0.1, 0.15) is 31.7 Å². The molecule has 0 spiro atoms. The van der Waals surface area contributed by atoms with Crippen LogP contribution in [0.4, 0.5) is 5.82 Å². The predicted molar refractivity (Wildman–Crippen MR) is 104 cm³/mol.